The van der Waals surface area contributed by atoms with E-state index in [9.17, 15) is 0 Å². The maximum atomic E-state index is 6.00. The number of rotatable bonds is 1. The van der Waals surface area contributed by atoms with E-state index in [2.05, 4.69) is 47.2 Å². The second kappa shape index (κ2) is 4.93. The van der Waals surface area contributed by atoms with Crippen molar-refractivity contribution >= 4 is 26.9 Å². The lowest BCUT2D eigenvalue weighted by atomic mass is 9.95. The van der Waals surface area contributed by atoms with E-state index in [1.807, 2.05) is 12.1 Å². The van der Waals surface area contributed by atoms with Gasteiger partial charge in [0.25, 0.3) is 0 Å². The van der Waals surface area contributed by atoms with E-state index in [-0.39, 0.29) is 11.5 Å². The summed E-state index contributed by atoms with van der Waals surface area (Å²) in [7, 11) is 0. The Kier molecular flexibility index (Phi) is 3.41. The first-order valence-corrected chi connectivity index (χ1v) is 7.34. The maximum Gasteiger partial charge on any atom is 0.135 e. The van der Waals surface area contributed by atoms with Crippen LogP contribution in [0.25, 0.3) is 11.0 Å². The Morgan fingerprint density at radius 2 is 2.16 bits per heavy atom. The van der Waals surface area contributed by atoms with Gasteiger partial charge in [-0.15, -0.1) is 0 Å². The molecule has 0 bridgehead atoms. The van der Waals surface area contributed by atoms with Crippen LogP contribution in [0.2, 0.25) is 0 Å². The van der Waals surface area contributed by atoms with Gasteiger partial charge < -0.3 is 14.5 Å². The molecule has 0 amide bonds. The highest BCUT2D eigenvalue weighted by Gasteiger charge is 2.27. The van der Waals surface area contributed by atoms with Gasteiger partial charge in [0, 0.05) is 28.4 Å². The molecule has 2 aromatic rings. The third kappa shape index (κ3) is 2.86. The molecule has 1 fully saturated rings. The van der Waals surface area contributed by atoms with Gasteiger partial charge in [-0.1, -0.05) is 29.8 Å². The summed E-state index contributed by atoms with van der Waals surface area (Å²) < 4.78 is 13.0. The molecule has 0 saturated carbocycles. The highest BCUT2D eigenvalue weighted by atomic mass is 79.9. The predicted molar refractivity (Wildman–Crippen MR) is 79.3 cm³/mol. The average molecular weight is 324 g/mol. The number of halogens is 1. The number of benzene rings is 1. The molecule has 0 spiro atoms. The normalized spacial score (nSPS) is 23.4. The van der Waals surface area contributed by atoms with Crippen LogP contribution in [0.4, 0.5) is 0 Å². The maximum absolute atomic E-state index is 6.00. The Bertz CT molecular complexity index is 591. The summed E-state index contributed by atoms with van der Waals surface area (Å²) >= 11 is 3.48. The summed E-state index contributed by atoms with van der Waals surface area (Å²) in [6.45, 7) is 6.92. The predicted octanol–water partition coefficient (Wildman–Crippen LogP) is 3.88. The van der Waals surface area contributed by atoms with Gasteiger partial charge in [0.05, 0.1) is 6.61 Å². The molecule has 1 N–H and O–H groups in total. The lowest BCUT2D eigenvalue weighted by Crippen LogP contribution is -2.29. The Hall–Kier alpha value is -0.840. The fraction of sp³-hybridized carbons (Fsp3) is 0.467. The second-order valence-corrected chi connectivity index (χ2v) is 6.84. The fourth-order valence-electron chi connectivity index (χ4n) is 2.35. The van der Waals surface area contributed by atoms with Crippen LogP contribution in [0.15, 0.2) is 33.2 Å². The number of hydrogen-bond acceptors (Lipinski definition) is 3. The minimum atomic E-state index is -0.00653. The third-order valence-corrected chi connectivity index (χ3v) is 3.92. The van der Waals surface area contributed by atoms with Crippen molar-refractivity contribution in [2.45, 2.75) is 20.0 Å². The van der Waals surface area contributed by atoms with Gasteiger partial charge in [-0.05, 0) is 24.3 Å². The number of fused-ring (bicyclic) bond motifs is 1. The van der Waals surface area contributed by atoms with E-state index >= 15 is 0 Å². The van der Waals surface area contributed by atoms with E-state index in [4.69, 9.17) is 9.15 Å². The van der Waals surface area contributed by atoms with Crippen molar-refractivity contribution in [1.82, 2.24) is 5.32 Å². The van der Waals surface area contributed by atoms with E-state index in [1.165, 1.54) is 0 Å². The summed E-state index contributed by atoms with van der Waals surface area (Å²) in [5.74, 6) is 0.901. The first-order chi connectivity index (χ1) is 9.03. The molecule has 102 valence electrons. The standard InChI is InChI=1S/C15H18BrNO2/c1-15(2)8-17-7-14(18-9-15)13-6-10-5-11(16)3-4-12(10)19-13/h3-6,14,17H,7-9H2,1-2H3. The quantitative estimate of drug-likeness (QED) is 0.864. The molecule has 1 saturated heterocycles. The Labute approximate surface area is 121 Å². The largest absolute Gasteiger partial charge is 0.458 e. The van der Waals surface area contributed by atoms with Gasteiger partial charge in [-0.25, -0.2) is 0 Å². The molecule has 19 heavy (non-hydrogen) atoms. The van der Waals surface area contributed by atoms with Gasteiger partial charge in [0.1, 0.15) is 17.4 Å². The van der Waals surface area contributed by atoms with Crippen LogP contribution < -0.4 is 5.32 Å². The molecular formula is C15H18BrNO2. The SMILES string of the molecule is CC1(C)CNCC(c2cc3cc(Br)ccc3o2)OC1. The van der Waals surface area contributed by atoms with Crippen LogP contribution in [0.5, 0.6) is 0 Å². The zero-order valence-electron chi connectivity index (χ0n) is 11.2. The Morgan fingerprint density at radius 1 is 1.32 bits per heavy atom. The molecule has 1 aliphatic rings. The molecule has 2 heterocycles. The molecule has 3 rings (SSSR count). The Morgan fingerprint density at radius 3 is 3.00 bits per heavy atom. The van der Waals surface area contributed by atoms with Crippen molar-refractivity contribution in [1.29, 1.82) is 0 Å². The van der Waals surface area contributed by atoms with Crippen molar-refractivity contribution in [2.24, 2.45) is 5.41 Å². The second-order valence-electron chi connectivity index (χ2n) is 5.93. The van der Waals surface area contributed by atoms with Crippen LogP contribution >= 0.6 is 15.9 Å². The molecule has 0 radical (unpaired) electrons. The summed E-state index contributed by atoms with van der Waals surface area (Å²) in [6, 6.07) is 8.11. The summed E-state index contributed by atoms with van der Waals surface area (Å²) in [4.78, 5) is 0. The van der Waals surface area contributed by atoms with Crippen molar-refractivity contribution in [3.8, 4) is 0 Å². The highest BCUT2D eigenvalue weighted by Crippen LogP contribution is 2.30. The lowest BCUT2D eigenvalue weighted by molar-refractivity contribution is 0.0155. The summed E-state index contributed by atoms with van der Waals surface area (Å²) in [6.07, 6.45) is -0.00653. The van der Waals surface area contributed by atoms with Crippen molar-refractivity contribution in [2.75, 3.05) is 19.7 Å². The number of furan rings is 1. The zero-order valence-corrected chi connectivity index (χ0v) is 12.8. The molecule has 0 aliphatic carbocycles. The molecule has 1 aliphatic heterocycles. The zero-order chi connectivity index (χ0) is 13.5. The van der Waals surface area contributed by atoms with Crippen LogP contribution in [-0.2, 0) is 4.74 Å². The van der Waals surface area contributed by atoms with Crippen LogP contribution in [-0.4, -0.2) is 19.7 Å². The van der Waals surface area contributed by atoms with E-state index in [1.54, 1.807) is 0 Å². The first-order valence-electron chi connectivity index (χ1n) is 6.55. The van der Waals surface area contributed by atoms with Gasteiger partial charge in [0.2, 0.25) is 0 Å². The molecule has 1 unspecified atom stereocenters. The smallest absolute Gasteiger partial charge is 0.135 e. The van der Waals surface area contributed by atoms with Crippen molar-refractivity contribution in [3.05, 3.63) is 34.5 Å². The number of ether oxygens (including phenoxy) is 1. The van der Waals surface area contributed by atoms with E-state index < -0.39 is 0 Å². The van der Waals surface area contributed by atoms with Crippen molar-refractivity contribution < 1.29 is 9.15 Å². The first kappa shape index (κ1) is 13.2. The van der Waals surface area contributed by atoms with Gasteiger partial charge >= 0.3 is 0 Å². The van der Waals surface area contributed by atoms with Crippen LogP contribution in [0.3, 0.4) is 0 Å². The van der Waals surface area contributed by atoms with Gasteiger partial charge in [-0.2, -0.15) is 0 Å². The van der Waals surface area contributed by atoms with Crippen LogP contribution in [0.1, 0.15) is 25.7 Å². The number of hydrogen-bond donors (Lipinski definition) is 1. The lowest BCUT2D eigenvalue weighted by Gasteiger charge is -2.21. The minimum absolute atomic E-state index is 0.00653. The third-order valence-electron chi connectivity index (χ3n) is 3.42. The fourth-order valence-corrected chi connectivity index (χ4v) is 2.73. The molecule has 1 aromatic heterocycles. The van der Waals surface area contributed by atoms with Gasteiger partial charge in [-0.3, -0.25) is 0 Å². The van der Waals surface area contributed by atoms with E-state index in [0.717, 1.165) is 40.9 Å². The minimum Gasteiger partial charge on any atom is -0.458 e. The summed E-state index contributed by atoms with van der Waals surface area (Å²) in [5, 5.41) is 4.56. The molecule has 1 atom stereocenters. The van der Waals surface area contributed by atoms with E-state index in [0.29, 0.717) is 0 Å². The Balaban J connectivity index is 1.87. The van der Waals surface area contributed by atoms with Crippen molar-refractivity contribution in [3.63, 3.8) is 0 Å². The molecule has 4 heteroatoms. The molecule has 3 nitrogen and oxygen atoms in total. The number of nitrogens with one attached hydrogen (secondary N) is 1. The molecule has 1 aromatic carbocycles. The van der Waals surface area contributed by atoms with Crippen LogP contribution in [0, 0.1) is 5.41 Å². The average Bonchev–Trinajstić information content (AvgIpc) is 2.67. The monoisotopic (exact) mass is 323 g/mol. The van der Waals surface area contributed by atoms with Gasteiger partial charge in [0.15, 0.2) is 0 Å². The highest BCUT2D eigenvalue weighted by molar-refractivity contribution is 9.10. The molecular weight excluding hydrogens is 306 g/mol. The topological polar surface area (TPSA) is 34.4 Å². The summed E-state index contributed by atoms with van der Waals surface area (Å²) in [5.41, 5.74) is 1.08.